The molecule has 0 aliphatic carbocycles. The van der Waals surface area contributed by atoms with E-state index < -0.39 is 18.0 Å². The van der Waals surface area contributed by atoms with Crippen LogP contribution in [0.4, 0.5) is 0 Å². The van der Waals surface area contributed by atoms with Gasteiger partial charge in [-0.3, -0.25) is 9.59 Å². The Balaban J connectivity index is 3.67. The molecule has 0 unspecified atom stereocenters. The van der Waals surface area contributed by atoms with Crippen LogP contribution in [0.5, 0.6) is 0 Å². The number of rotatable bonds is 6. The fourth-order valence-corrected chi connectivity index (χ4v) is 0.782. The van der Waals surface area contributed by atoms with Gasteiger partial charge in [0.25, 0.3) is 0 Å². The monoisotopic (exact) mass is 176 g/mol. The first-order chi connectivity index (χ1) is 5.56. The van der Waals surface area contributed by atoms with Crippen LogP contribution >= 0.6 is 0 Å². The molecule has 2 N–H and O–H groups in total. The molecule has 0 rings (SSSR count). The van der Waals surface area contributed by atoms with E-state index in [1.807, 2.05) is 0 Å². The van der Waals surface area contributed by atoms with Crippen molar-refractivity contribution in [3.8, 4) is 0 Å². The summed E-state index contributed by atoms with van der Waals surface area (Å²) >= 11 is 0. The molecule has 0 saturated heterocycles. The number of carbonyl (C=O) groups is 2. The van der Waals surface area contributed by atoms with Crippen molar-refractivity contribution in [1.82, 2.24) is 0 Å². The van der Waals surface area contributed by atoms with Gasteiger partial charge in [-0.2, -0.15) is 0 Å². The SMILES string of the molecule is CO[C@H](CCC(=O)O)CC(=O)O. The second-order valence-corrected chi connectivity index (χ2v) is 2.39. The van der Waals surface area contributed by atoms with Crippen molar-refractivity contribution in [3.05, 3.63) is 0 Å². The zero-order valence-electron chi connectivity index (χ0n) is 6.82. The highest BCUT2D eigenvalue weighted by molar-refractivity contribution is 5.68. The van der Waals surface area contributed by atoms with Crippen molar-refractivity contribution in [2.75, 3.05) is 7.11 Å². The molecule has 0 aliphatic heterocycles. The van der Waals surface area contributed by atoms with Crippen molar-refractivity contribution >= 4 is 11.9 Å². The summed E-state index contributed by atoms with van der Waals surface area (Å²) in [5.41, 5.74) is 0. The molecule has 12 heavy (non-hydrogen) atoms. The average molecular weight is 176 g/mol. The summed E-state index contributed by atoms with van der Waals surface area (Å²) in [7, 11) is 1.37. The first kappa shape index (κ1) is 10.9. The highest BCUT2D eigenvalue weighted by atomic mass is 16.5. The van der Waals surface area contributed by atoms with Gasteiger partial charge in [0.2, 0.25) is 0 Å². The zero-order chi connectivity index (χ0) is 9.56. The number of carboxylic acids is 2. The molecule has 0 fully saturated rings. The van der Waals surface area contributed by atoms with E-state index in [-0.39, 0.29) is 19.3 Å². The van der Waals surface area contributed by atoms with Crippen LogP contribution in [0, 0.1) is 0 Å². The number of hydrogen-bond acceptors (Lipinski definition) is 3. The Hall–Kier alpha value is -1.10. The Kier molecular flexibility index (Phi) is 5.03. The summed E-state index contributed by atoms with van der Waals surface area (Å²) in [5.74, 6) is -1.92. The zero-order valence-corrected chi connectivity index (χ0v) is 6.82. The minimum Gasteiger partial charge on any atom is -0.481 e. The van der Waals surface area contributed by atoms with Crippen LogP contribution in [0.25, 0.3) is 0 Å². The fourth-order valence-electron chi connectivity index (χ4n) is 0.782. The van der Waals surface area contributed by atoms with Crippen molar-refractivity contribution in [2.45, 2.75) is 25.4 Å². The van der Waals surface area contributed by atoms with E-state index in [9.17, 15) is 9.59 Å². The smallest absolute Gasteiger partial charge is 0.305 e. The van der Waals surface area contributed by atoms with Gasteiger partial charge < -0.3 is 14.9 Å². The van der Waals surface area contributed by atoms with Crippen molar-refractivity contribution in [2.24, 2.45) is 0 Å². The summed E-state index contributed by atoms with van der Waals surface area (Å²) in [6.45, 7) is 0. The van der Waals surface area contributed by atoms with Crippen LogP contribution in [-0.4, -0.2) is 35.4 Å². The van der Waals surface area contributed by atoms with E-state index in [0.29, 0.717) is 0 Å². The van der Waals surface area contributed by atoms with Gasteiger partial charge >= 0.3 is 11.9 Å². The van der Waals surface area contributed by atoms with Gasteiger partial charge in [0, 0.05) is 13.5 Å². The molecule has 0 aromatic heterocycles. The van der Waals surface area contributed by atoms with E-state index in [2.05, 4.69) is 0 Å². The molecular weight excluding hydrogens is 164 g/mol. The molecule has 0 aromatic carbocycles. The summed E-state index contributed by atoms with van der Waals surface area (Å²) in [5, 5.41) is 16.6. The molecular formula is C7H12O5. The lowest BCUT2D eigenvalue weighted by molar-refractivity contribution is -0.142. The van der Waals surface area contributed by atoms with Gasteiger partial charge in [0.05, 0.1) is 12.5 Å². The predicted molar refractivity (Wildman–Crippen MR) is 39.9 cm³/mol. The quantitative estimate of drug-likeness (QED) is 0.609. The van der Waals surface area contributed by atoms with Crippen LogP contribution in [0.1, 0.15) is 19.3 Å². The molecule has 0 bridgehead atoms. The highest BCUT2D eigenvalue weighted by Crippen LogP contribution is 2.05. The van der Waals surface area contributed by atoms with E-state index in [1.54, 1.807) is 0 Å². The molecule has 0 aromatic rings. The van der Waals surface area contributed by atoms with Crippen LogP contribution < -0.4 is 0 Å². The van der Waals surface area contributed by atoms with E-state index >= 15 is 0 Å². The Bertz CT molecular complexity index is 165. The Morgan fingerprint density at radius 1 is 1.33 bits per heavy atom. The van der Waals surface area contributed by atoms with Crippen molar-refractivity contribution in [3.63, 3.8) is 0 Å². The minimum atomic E-state index is -0.979. The van der Waals surface area contributed by atoms with E-state index in [0.717, 1.165) is 0 Å². The third kappa shape index (κ3) is 5.67. The van der Waals surface area contributed by atoms with E-state index in [4.69, 9.17) is 14.9 Å². The van der Waals surface area contributed by atoms with Gasteiger partial charge in [-0.25, -0.2) is 0 Å². The van der Waals surface area contributed by atoms with Gasteiger partial charge in [0.15, 0.2) is 0 Å². The summed E-state index contributed by atoms with van der Waals surface area (Å²) in [4.78, 5) is 20.3. The van der Waals surface area contributed by atoms with Gasteiger partial charge in [-0.05, 0) is 6.42 Å². The number of carboxylic acid groups (broad SMARTS) is 2. The fraction of sp³-hybridized carbons (Fsp3) is 0.714. The molecule has 0 saturated carbocycles. The third-order valence-corrected chi connectivity index (χ3v) is 1.42. The molecule has 1 atom stereocenters. The van der Waals surface area contributed by atoms with Crippen LogP contribution in [0.3, 0.4) is 0 Å². The molecule has 0 aliphatic rings. The lowest BCUT2D eigenvalue weighted by atomic mass is 10.1. The predicted octanol–water partition coefficient (Wildman–Crippen LogP) is 0.341. The normalized spacial score (nSPS) is 12.4. The molecule has 0 radical (unpaired) electrons. The van der Waals surface area contributed by atoms with Crippen LogP contribution in [0.2, 0.25) is 0 Å². The Morgan fingerprint density at radius 2 is 1.92 bits per heavy atom. The Morgan fingerprint density at radius 3 is 2.25 bits per heavy atom. The van der Waals surface area contributed by atoms with Gasteiger partial charge in [-0.15, -0.1) is 0 Å². The largest absolute Gasteiger partial charge is 0.481 e. The second kappa shape index (κ2) is 5.54. The first-order valence-corrected chi connectivity index (χ1v) is 3.52. The van der Waals surface area contributed by atoms with Gasteiger partial charge in [-0.1, -0.05) is 0 Å². The van der Waals surface area contributed by atoms with Crippen molar-refractivity contribution < 1.29 is 24.5 Å². The minimum absolute atomic E-state index is 0.0637. The standard InChI is InChI=1S/C7H12O5/c1-12-5(4-7(10)11)2-3-6(8)9/h5H,2-4H2,1H3,(H,8,9)(H,10,11)/t5-/m1/s1. The number of ether oxygens (including phenoxy) is 1. The molecule has 0 heterocycles. The summed E-state index contributed by atoms with van der Waals surface area (Å²) in [6, 6.07) is 0. The molecule has 0 amide bonds. The lowest BCUT2D eigenvalue weighted by Crippen LogP contribution is -2.17. The second-order valence-electron chi connectivity index (χ2n) is 2.39. The summed E-state index contributed by atoms with van der Waals surface area (Å²) < 4.78 is 4.77. The lowest BCUT2D eigenvalue weighted by Gasteiger charge is -2.10. The maximum absolute atomic E-state index is 10.2. The average Bonchev–Trinajstić information content (AvgIpc) is 1.97. The number of hydrogen-bond donors (Lipinski definition) is 2. The first-order valence-electron chi connectivity index (χ1n) is 3.52. The third-order valence-electron chi connectivity index (χ3n) is 1.42. The molecule has 5 nitrogen and oxygen atoms in total. The summed E-state index contributed by atoms with van der Waals surface area (Å²) in [6.07, 6.45) is -0.480. The van der Waals surface area contributed by atoms with Crippen molar-refractivity contribution in [1.29, 1.82) is 0 Å². The Labute approximate surface area is 70.0 Å². The topological polar surface area (TPSA) is 83.8 Å². The van der Waals surface area contributed by atoms with E-state index in [1.165, 1.54) is 7.11 Å². The highest BCUT2D eigenvalue weighted by Gasteiger charge is 2.13. The van der Waals surface area contributed by atoms with Gasteiger partial charge in [0.1, 0.15) is 0 Å². The maximum atomic E-state index is 10.2. The molecule has 5 heteroatoms. The molecule has 70 valence electrons. The van der Waals surface area contributed by atoms with Crippen LogP contribution in [0.15, 0.2) is 0 Å². The number of aliphatic carboxylic acids is 2. The maximum Gasteiger partial charge on any atom is 0.305 e. The number of methoxy groups -OCH3 is 1. The molecule has 0 spiro atoms. The van der Waals surface area contributed by atoms with Crippen LogP contribution in [-0.2, 0) is 14.3 Å².